The van der Waals surface area contributed by atoms with E-state index in [-0.39, 0.29) is 24.6 Å². The van der Waals surface area contributed by atoms with Gasteiger partial charge in [-0.3, -0.25) is 14.5 Å². The van der Waals surface area contributed by atoms with Crippen LogP contribution in [-0.4, -0.2) is 135 Å². The Labute approximate surface area is 286 Å². The van der Waals surface area contributed by atoms with Gasteiger partial charge in [-0.05, 0) is 31.0 Å². The van der Waals surface area contributed by atoms with Crippen molar-refractivity contribution in [3.05, 3.63) is 35.9 Å². The summed E-state index contributed by atoms with van der Waals surface area (Å²) < 4.78 is 43.9. The number of nitrogens with zero attached hydrogens (tertiary/aromatic N) is 1. The number of ether oxygens (including phenoxy) is 7. The Kier molecular flexibility index (Phi) is 8.49. The molecule has 1 spiro atoms. The van der Waals surface area contributed by atoms with E-state index in [2.05, 4.69) is 4.90 Å². The molecule has 1 saturated heterocycles. The zero-order valence-corrected chi connectivity index (χ0v) is 29.2. The predicted octanol–water partition coefficient (Wildman–Crippen LogP) is 1.22. The summed E-state index contributed by atoms with van der Waals surface area (Å²) in [5, 5.41) is 25.5. The summed E-state index contributed by atoms with van der Waals surface area (Å²) in [5.74, 6) is -4.24. The van der Waals surface area contributed by atoms with Gasteiger partial charge in [-0.25, -0.2) is 4.79 Å². The first-order valence-electron chi connectivity index (χ1n) is 17.2. The minimum absolute atomic E-state index is 0.0534. The first-order valence-corrected chi connectivity index (χ1v) is 17.2. The Morgan fingerprint density at radius 2 is 1.63 bits per heavy atom. The molecule has 49 heavy (non-hydrogen) atoms. The molecule has 1 aromatic rings. The molecule has 7 bridgehead atoms. The second-order valence-corrected chi connectivity index (χ2v) is 15.0. The van der Waals surface area contributed by atoms with Crippen molar-refractivity contribution in [1.82, 2.24) is 4.90 Å². The van der Waals surface area contributed by atoms with Gasteiger partial charge in [0.2, 0.25) is 0 Å². The van der Waals surface area contributed by atoms with Gasteiger partial charge in [-0.2, -0.15) is 0 Å². The van der Waals surface area contributed by atoms with Crippen LogP contribution < -0.4 is 0 Å². The summed E-state index contributed by atoms with van der Waals surface area (Å²) in [4.78, 5) is 42.2. The highest BCUT2D eigenvalue weighted by molar-refractivity contribution is 5.89. The summed E-state index contributed by atoms with van der Waals surface area (Å²) in [6.45, 7) is 5.99. The highest BCUT2D eigenvalue weighted by Gasteiger charge is 2.92. The van der Waals surface area contributed by atoms with Gasteiger partial charge < -0.3 is 43.4 Å². The van der Waals surface area contributed by atoms with Crippen molar-refractivity contribution in [3.63, 3.8) is 0 Å². The van der Waals surface area contributed by atoms with E-state index in [1.54, 1.807) is 51.7 Å². The first-order chi connectivity index (χ1) is 23.4. The topological polar surface area (TPSA) is 160 Å². The van der Waals surface area contributed by atoms with Gasteiger partial charge in [0.05, 0.1) is 24.4 Å². The third-order valence-electron chi connectivity index (χ3n) is 13.4. The number of carbonyl (C=O) groups excluding carboxylic acids is 3. The monoisotopic (exact) mass is 687 g/mol. The van der Waals surface area contributed by atoms with Crippen molar-refractivity contribution < 1.29 is 57.8 Å². The zero-order chi connectivity index (χ0) is 35.3. The number of likely N-dealkylation sites (tertiary alicyclic amines) is 1. The average molecular weight is 688 g/mol. The van der Waals surface area contributed by atoms with E-state index < -0.39 is 100 Å². The third kappa shape index (κ3) is 4.21. The fraction of sp³-hybridized carbons (Fsp3) is 0.750. The molecule has 6 aliphatic rings. The molecule has 5 saturated carbocycles. The second kappa shape index (κ2) is 12.0. The van der Waals surface area contributed by atoms with Gasteiger partial charge >= 0.3 is 17.9 Å². The van der Waals surface area contributed by atoms with E-state index in [1.165, 1.54) is 21.0 Å². The summed E-state index contributed by atoms with van der Waals surface area (Å²) in [7, 11) is 6.25. The molecule has 0 aromatic heterocycles. The number of piperidine rings is 1. The number of aliphatic hydroxyl groups excluding tert-OH is 1. The number of benzene rings is 1. The van der Waals surface area contributed by atoms with Gasteiger partial charge in [0.25, 0.3) is 0 Å². The largest absolute Gasteiger partial charge is 0.462 e. The smallest absolute Gasteiger partial charge is 0.338 e. The molecule has 1 aliphatic heterocycles. The van der Waals surface area contributed by atoms with E-state index in [4.69, 9.17) is 33.2 Å². The molecule has 7 rings (SSSR count). The number of hydrogen-bond acceptors (Lipinski definition) is 13. The number of fused-ring (bicyclic) bond motifs is 2. The van der Waals surface area contributed by atoms with Crippen LogP contribution in [0.4, 0.5) is 0 Å². The van der Waals surface area contributed by atoms with Crippen LogP contribution in [0.25, 0.3) is 0 Å². The molecular formula is C36H49NO12. The second-order valence-electron chi connectivity index (χ2n) is 15.0. The summed E-state index contributed by atoms with van der Waals surface area (Å²) in [6.07, 6.45) is -5.45. The SMILES string of the molecule is CCN1C[C@@]2(COC)C3[C@@H](OC)C4C1[C@]3(C(OC)C[C@H]2OC(C)=O)C1C[C@]2(O)C(OC)[C@H](O)C4(OC(C)=O)C1[C@H]2OC(=O)c1ccccc1. The van der Waals surface area contributed by atoms with Crippen LogP contribution in [0, 0.1) is 34.5 Å². The molecule has 270 valence electrons. The van der Waals surface area contributed by atoms with Gasteiger partial charge in [0.1, 0.15) is 30.0 Å². The zero-order valence-electron chi connectivity index (χ0n) is 29.2. The lowest BCUT2D eigenvalue weighted by molar-refractivity contribution is -0.322. The minimum atomic E-state index is -1.86. The Morgan fingerprint density at radius 3 is 2.20 bits per heavy atom. The fourth-order valence-corrected chi connectivity index (χ4v) is 12.7. The summed E-state index contributed by atoms with van der Waals surface area (Å²) in [5.41, 5.74) is -4.92. The van der Waals surface area contributed by atoms with Crippen molar-refractivity contribution in [2.75, 3.05) is 48.1 Å². The van der Waals surface area contributed by atoms with Crippen LogP contribution in [0.3, 0.4) is 0 Å². The molecule has 13 heteroatoms. The minimum Gasteiger partial charge on any atom is -0.462 e. The van der Waals surface area contributed by atoms with Crippen molar-refractivity contribution in [1.29, 1.82) is 0 Å². The maximum atomic E-state index is 13.8. The molecule has 8 unspecified atom stereocenters. The highest BCUT2D eigenvalue weighted by atomic mass is 16.6. The number of hydrogen-bond donors (Lipinski definition) is 2. The quantitative estimate of drug-likeness (QED) is 0.267. The van der Waals surface area contributed by atoms with Crippen LogP contribution >= 0.6 is 0 Å². The Morgan fingerprint density at radius 1 is 0.918 bits per heavy atom. The van der Waals surface area contributed by atoms with Crippen LogP contribution in [0.5, 0.6) is 0 Å². The predicted molar refractivity (Wildman–Crippen MR) is 170 cm³/mol. The Balaban J connectivity index is 1.53. The summed E-state index contributed by atoms with van der Waals surface area (Å²) >= 11 is 0. The van der Waals surface area contributed by atoms with Gasteiger partial charge in [0, 0.05) is 89.9 Å². The van der Waals surface area contributed by atoms with Crippen LogP contribution in [0.2, 0.25) is 0 Å². The van der Waals surface area contributed by atoms with E-state index in [0.29, 0.717) is 19.5 Å². The molecule has 5 aliphatic carbocycles. The molecular weight excluding hydrogens is 638 g/mol. The van der Waals surface area contributed by atoms with Gasteiger partial charge in [-0.1, -0.05) is 25.1 Å². The Hall–Kier alpha value is -2.65. The first kappa shape index (κ1) is 34.8. The maximum absolute atomic E-state index is 13.8. The van der Waals surface area contributed by atoms with E-state index in [0.717, 1.165) is 0 Å². The normalized spacial score (nSPS) is 47.4. The van der Waals surface area contributed by atoms with Crippen LogP contribution in [0.15, 0.2) is 30.3 Å². The number of methoxy groups -OCH3 is 4. The number of esters is 3. The average Bonchev–Trinajstić information content (AvgIpc) is 3.44. The summed E-state index contributed by atoms with van der Waals surface area (Å²) in [6, 6.07) is 8.12. The third-order valence-corrected chi connectivity index (χ3v) is 13.4. The Bertz CT molecular complexity index is 1480. The van der Waals surface area contributed by atoms with Crippen LogP contribution in [-0.2, 0) is 42.7 Å². The van der Waals surface area contributed by atoms with Crippen LogP contribution in [0.1, 0.15) is 44.0 Å². The molecule has 1 heterocycles. The number of aliphatic hydroxyl groups is 2. The lowest BCUT2D eigenvalue weighted by atomic mass is 9.42. The van der Waals surface area contributed by atoms with Gasteiger partial charge in [0.15, 0.2) is 5.60 Å². The fourth-order valence-electron chi connectivity index (χ4n) is 12.7. The number of carbonyl (C=O) groups is 3. The van der Waals surface area contributed by atoms with E-state index in [9.17, 15) is 24.6 Å². The lowest BCUT2D eigenvalue weighted by Crippen LogP contribution is -2.81. The maximum Gasteiger partial charge on any atom is 0.338 e. The van der Waals surface area contributed by atoms with Crippen molar-refractivity contribution in [3.8, 4) is 0 Å². The van der Waals surface area contributed by atoms with Crippen molar-refractivity contribution in [2.45, 2.75) is 87.5 Å². The number of rotatable bonds is 10. The molecule has 0 amide bonds. The van der Waals surface area contributed by atoms with E-state index >= 15 is 0 Å². The molecule has 2 N–H and O–H groups in total. The molecule has 13 nitrogen and oxygen atoms in total. The van der Waals surface area contributed by atoms with Gasteiger partial charge in [-0.15, -0.1) is 0 Å². The van der Waals surface area contributed by atoms with Crippen molar-refractivity contribution in [2.24, 2.45) is 34.5 Å². The van der Waals surface area contributed by atoms with Crippen molar-refractivity contribution >= 4 is 17.9 Å². The molecule has 15 atom stereocenters. The molecule has 6 fully saturated rings. The standard InChI is InChI=1S/C36H49NO12/c1-8-37-16-33(17-43-4)22(47-18(2)38)14-23(44-5)35-21-15-34(42)30(48-32(41)20-12-10-9-11-13-20)24(21)36(49-19(3)39,29(40)31(34)46-7)25(28(35)37)26(45-6)27(33)35/h9-13,21-31,40,42H,8,14-17H2,1-7H3/t21?,22-,23?,24?,25?,26+,27?,28?,29+,30-,31?,33+,34-,35+,36?/m1/s1. The van der Waals surface area contributed by atoms with E-state index in [1.807, 2.05) is 6.92 Å². The highest BCUT2D eigenvalue weighted by Crippen LogP contribution is 2.80. The molecule has 0 radical (unpaired) electrons. The molecule has 1 aromatic carbocycles. The lowest BCUT2D eigenvalue weighted by Gasteiger charge is -2.70.